The van der Waals surface area contributed by atoms with E-state index in [1.54, 1.807) is 25.1 Å². The summed E-state index contributed by atoms with van der Waals surface area (Å²) in [5.41, 5.74) is 7.58. The van der Waals surface area contributed by atoms with Crippen molar-refractivity contribution < 1.29 is 9.59 Å². The Hall–Kier alpha value is -2.04. The summed E-state index contributed by atoms with van der Waals surface area (Å²) < 4.78 is 0. The largest absolute Gasteiger partial charge is 0.399 e. The van der Waals surface area contributed by atoms with Gasteiger partial charge < -0.3 is 16.4 Å². The number of nitrogens with two attached hydrogens (primary N) is 1. The summed E-state index contributed by atoms with van der Waals surface area (Å²) in [6, 6.07) is 4.50. The van der Waals surface area contributed by atoms with E-state index in [9.17, 15) is 9.59 Å². The predicted octanol–water partition coefficient (Wildman–Crippen LogP) is 1.47. The lowest BCUT2D eigenvalue weighted by atomic mass is 10.1. The molecule has 0 aromatic heterocycles. The van der Waals surface area contributed by atoms with Crippen molar-refractivity contribution in [3.63, 3.8) is 0 Å². The summed E-state index contributed by atoms with van der Waals surface area (Å²) in [6.45, 7) is 8.11. The molecular formula is C15H23N3O2. The molecule has 1 atom stereocenters. The first-order chi connectivity index (χ1) is 9.31. The first-order valence-corrected chi connectivity index (χ1v) is 6.76. The SMILES string of the molecule is Cc1cc(N)ccc1C(=O)NC(C)C(=O)NCC(C)C. The standard InChI is InChI=1S/C15H23N3O2/c1-9(2)8-17-14(19)11(4)18-15(20)13-6-5-12(16)7-10(13)3/h5-7,9,11H,8,16H2,1-4H3,(H,17,19)(H,18,20). The molecule has 1 aromatic carbocycles. The Morgan fingerprint density at radius 2 is 1.90 bits per heavy atom. The van der Waals surface area contributed by atoms with Gasteiger partial charge in [-0.1, -0.05) is 13.8 Å². The van der Waals surface area contributed by atoms with Gasteiger partial charge in [0.15, 0.2) is 0 Å². The summed E-state index contributed by atoms with van der Waals surface area (Å²) in [6.07, 6.45) is 0. The Morgan fingerprint density at radius 3 is 2.45 bits per heavy atom. The average molecular weight is 277 g/mol. The number of carbonyl (C=O) groups excluding carboxylic acids is 2. The van der Waals surface area contributed by atoms with Gasteiger partial charge in [-0.05, 0) is 43.5 Å². The van der Waals surface area contributed by atoms with E-state index in [4.69, 9.17) is 5.73 Å². The van der Waals surface area contributed by atoms with Crippen LogP contribution in [0.5, 0.6) is 0 Å². The Morgan fingerprint density at radius 1 is 1.25 bits per heavy atom. The van der Waals surface area contributed by atoms with Crippen molar-refractivity contribution in [1.29, 1.82) is 0 Å². The third kappa shape index (κ3) is 4.57. The van der Waals surface area contributed by atoms with Crippen LogP contribution in [0.1, 0.15) is 36.7 Å². The van der Waals surface area contributed by atoms with E-state index in [0.717, 1.165) is 5.56 Å². The maximum atomic E-state index is 12.1. The summed E-state index contributed by atoms with van der Waals surface area (Å²) in [4.78, 5) is 23.9. The number of hydrogen-bond acceptors (Lipinski definition) is 3. The zero-order valence-electron chi connectivity index (χ0n) is 12.5. The molecule has 0 bridgehead atoms. The monoisotopic (exact) mass is 277 g/mol. The molecule has 0 aliphatic carbocycles. The van der Waals surface area contributed by atoms with Gasteiger partial charge in [0.05, 0.1) is 0 Å². The maximum absolute atomic E-state index is 12.1. The van der Waals surface area contributed by atoms with Crippen LogP contribution in [0.2, 0.25) is 0 Å². The second-order valence-electron chi connectivity index (χ2n) is 5.41. The first kappa shape index (κ1) is 16.0. The van der Waals surface area contributed by atoms with Crippen molar-refractivity contribution in [2.75, 3.05) is 12.3 Å². The Bertz CT molecular complexity index is 498. The molecule has 20 heavy (non-hydrogen) atoms. The molecule has 0 heterocycles. The van der Waals surface area contributed by atoms with Crippen LogP contribution in [0.15, 0.2) is 18.2 Å². The van der Waals surface area contributed by atoms with Crippen molar-refractivity contribution in [3.05, 3.63) is 29.3 Å². The molecule has 1 rings (SSSR count). The Kier molecular flexibility index (Phi) is 5.55. The van der Waals surface area contributed by atoms with Gasteiger partial charge in [-0.25, -0.2) is 0 Å². The van der Waals surface area contributed by atoms with Gasteiger partial charge >= 0.3 is 0 Å². The van der Waals surface area contributed by atoms with Crippen molar-refractivity contribution in [2.24, 2.45) is 5.92 Å². The molecule has 5 heteroatoms. The minimum atomic E-state index is -0.571. The van der Waals surface area contributed by atoms with E-state index >= 15 is 0 Å². The quantitative estimate of drug-likeness (QED) is 0.713. The van der Waals surface area contributed by atoms with Crippen LogP contribution in [-0.4, -0.2) is 24.4 Å². The van der Waals surface area contributed by atoms with Gasteiger partial charge in [0, 0.05) is 17.8 Å². The maximum Gasteiger partial charge on any atom is 0.252 e. The minimum Gasteiger partial charge on any atom is -0.399 e. The molecule has 4 N–H and O–H groups in total. The summed E-state index contributed by atoms with van der Waals surface area (Å²) in [5, 5.41) is 5.48. The van der Waals surface area contributed by atoms with Crippen LogP contribution in [0.3, 0.4) is 0 Å². The third-order valence-corrected chi connectivity index (χ3v) is 2.92. The number of aryl methyl sites for hydroxylation is 1. The Balaban J connectivity index is 2.63. The highest BCUT2D eigenvalue weighted by Crippen LogP contribution is 2.12. The molecule has 0 fully saturated rings. The van der Waals surface area contributed by atoms with E-state index in [1.807, 2.05) is 20.8 Å². The highest BCUT2D eigenvalue weighted by atomic mass is 16.2. The van der Waals surface area contributed by atoms with Gasteiger partial charge in [-0.15, -0.1) is 0 Å². The summed E-state index contributed by atoms with van der Waals surface area (Å²) >= 11 is 0. The van der Waals surface area contributed by atoms with Crippen molar-refractivity contribution in [1.82, 2.24) is 10.6 Å². The van der Waals surface area contributed by atoms with Crippen LogP contribution in [0.4, 0.5) is 5.69 Å². The van der Waals surface area contributed by atoms with E-state index in [-0.39, 0.29) is 11.8 Å². The molecule has 0 aliphatic rings. The van der Waals surface area contributed by atoms with E-state index < -0.39 is 6.04 Å². The molecule has 0 saturated carbocycles. The normalized spacial score (nSPS) is 12.1. The molecule has 1 unspecified atom stereocenters. The fraction of sp³-hybridized carbons (Fsp3) is 0.467. The number of anilines is 1. The van der Waals surface area contributed by atoms with Crippen molar-refractivity contribution >= 4 is 17.5 Å². The van der Waals surface area contributed by atoms with E-state index in [0.29, 0.717) is 23.7 Å². The molecule has 0 spiro atoms. The van der Waals surface area contributed by atoms with Crippen LogP contribution >= 0.6 is 0 Å². The smallest absolute Gasteiger partial charge is 0.252 e. The van der Waals surface area contributed by atoms with Gasteiger partial charge in [0.1, 0.15) is 6.04 Å². The van der Waals surface area contributed by atoms with Crippen molar-refractivity contribution in [2.45, 2.75) is 33.7 Å². The van der Waals surface area contributed by atoms with Crippen LogP contribution in [0, 0.1) is 12.8 Å². The lowest BCUT2D eigenvalue weighted by Gasteiger charge is -2.16. The van der Waals surface area contributed by atoms with Gasteiger partial charge in [0.25, 0.3) is 5.91 Å². The number of nitrogens with one attached hydrogen (secondary N) is 2. The second-order valence-corrected chi connectivity index (χ2v) is 5.41. The fourth-order valence-electron chi connectivity index (χ4n) is 1.74. The second kappa shape index (κ2) is 6.93. The summed E-state index contributed by atoms with van der Waals surface area (Å²) in [7, 11) is 0. The summed E-state index contributed by atoms with van der Waals surface area (Å²) in [5.74, 6) is -0.0731. The topological polar surface area (TPSA) is 84.2 Å². The van der Waals surface area contributed by atoms with Crippen LogP contribution in [0.25, 0.3) is 0 Å². The number of carbonyl (C=O) groups is 2. The number of nitrogen functional groups attached to an aromatic ring is 1. The highest BCUT2D eigenvalue weighted by Gasteiger charge is 2.17. The number of rotatable bonds is 5. The lowest BCUT2D eigenvalue weighted by Crippen LogP contribution is -2.45. The van der Waals surface area contributed by atoms with E-state index in [2.05, 4.69) is 10.6 Å². The molecule has 5 nitrogen and oxygen atoms in total. The third-order valence-electron chi connectivity index (χ3n) is 2.92. The zero-order chi connectivity index (χ0) is 15.3. The molecule has 0 saturated heterocycles. The van der Waals surface area contributed by atoms with Crippen molar-refractivity contribution in [3.8, 4) is 0 Å². The first-order valence-electron chi connectivity index (χ1n) is 6.76. The zero-order valence-corrected chi connectivity index (χ0v) is 12.5. The fourth-order valence-corrected chi connectivity index (χ4v) is 1.74. The van der Waals surface area contributed by atoms with Gasteiger partial charge in [-0.3, -0.25) is 9.59 Å². The molecule has 2 amide bonds. The predicted molar refractivity (Wildman–Crippen MR) is 80.4 cm³/mol. The molecule has 110 valence electrons. The molecular weight excluding hydrogens is 254 g/mol. The van der Waals surface area contributed by atoms with Crippen LogP contribution < -0.4 is 16.4 Å². The lowest BCUT2D eigenvalue weighted by molar-refractivity contribution is -0.122. The highest BCUT2D eigenvalue weighted by molar-refractivity contribution is 5.98. The number of hydrogen-bond donors (Lipinski definition) is 3. The number of benzene rings is 1. The Labute approximate surface area is 119 Å². The van der Waals surface area contributed by atoms with Gasteiger partial charge in [0.2, 0.25) is 5.91 Å². The average Bonchev–Trinajstić information content (AvgIpc) is 2.35. The number of amides is 2. The van der Waals surface area contributed by atoms with Gasteiger partial charge in [-0.2, -0.15) is 0 Å². The van der Waals surface area contributed by atoms with Crippen LogP contribution in [-0.2, 0) is 4.79 Å². The molecule has 1 aromatic rings. The molecule has 0 radical (unpaired) electrons. The molecule has 0 aliphatic heterocycles. The minimum absolute atomic E-state index is 0.180. The van der Waals surface area contributed by atoms with E-state index in [1.165, 1.54) is 0 Å².